The van der Waals surface area contributed by atoms with E-state index in [-0.39, 0.29) is 17.8 Å². The maximum Gasteiger partial charge on any atom is 0.289 e. The third kappa shape index (κ3) is 3.13. The van der Waals surface area contributed by atoms with Crippen LogP contribution in [0.4, 0.5) is 0 Å². The fraction of sp³-hybridized carbons (Fsp3) is 0.154. The van der Waals surface area contributed by atoms with Crippen LogP contribution in [0.15, 0.2) is 47.2 Å². The van der Waals surface area contributed by atoms with Crippen molar-refractivity contribution in [3.8, 4) is 0 Å². The zero-order valence-electron chi connectivity index (χ0n) is 9.80. The van der Waals surface area contributed by atoms with Gasteiger partial charge in [-0.2, -0.15) is 0 Å². The first-order valence-electron chi connectivity index (χ1n) is 5.50. The van der Waals surface area contributed by atoms with Crippen LogP contribution >= 0.6 is 15.9 Å². The van der Waals surface area contributed by atoms with E-state index in [2.05, 4.69) is 31.2 Å². The van der Waals surface area contributed by atoms with Crippen LogP contribution in [-0.2, 0) is 0 Å². The Morgan fingerprint density at radius 3 is 2.44 bits per heavy atom. The van der Waals surface area contributed by atoms with Gasteiger partial charge in [-0.25, -0.2) is 9.97 Å². The highest BCUT2D eigenvalue weighted by Crippen LogP contribution is 2.11. The number of aromatic nitrogens is 2. The first-order valence-corrected chi connectivity index (χ1v) is 6.29. The SMILES string of the molecule is CC(NC(=O)c1ncc(Br)cn1)c1ccccc1. The molecule has 92 valence electrons. The standard InChI is InChI=1S/C13H12BrN3O/c1-9(10-5-3-2-4-6-10)17-13(18)12-15-7-11(14)8-16-12/h2-9H,1H3,(H,17,18). The van der Waals surface area contributed by atoms with E-state index < -0.39 is 0 Å². The predicted octanol–water partition coefficient (Wildman–Crippen LogP) is 2.73. The van der Waals surface area contributed by atoms with Crippen LogP contribution in [0.25, 0.3) is 0 Å². The molecule has 2 rings (SSSR count). The Bertz CT molecular complexity index is 528. The van der Waals surface area contributed by atoms with Gasteiger partial charge in [0.25, 0.3) is 5.91 Å². The van der Waals surface area contributed by atoms with E-state index in [0.29, 0.717) is 0 Å². The molecule has 4 nitrogen and oxygen atoms in total. The number of halogens is 1. The molecular formula is C13H12BrN3O. The largest absolute Gasteiger partial charge is 0.343 e. The van der Waals surface area contributed by atoms with Crippen LogP contribution in [0.3, 0.4) is 0 Å². The maximum atomic E-state index is 11.9. The van der Waals surface area contributed by atoms with Crippen molar-refractivity contribution in [1.82, 2.24) is 15.3 Å². The molecule has 0 radical (unpaired) electrons. The Hall–Kier alpha value is -1.75. The lowest BCUT2D eigenvalue weighted by Gasteiger charge is -2.13. The fourth-order valence-corrected chi connectivity index (χ4v) is 1.72. The van der Waals surface area contributed by atoms with Crippen molar-refractivity contribution in [2.24, 2.45) is 0 Å². The van der Waals surface area contributed by atoms with E-state index >= 15 is 0 Å². The summed E-state index contributed by atoms with van der Waals surface area (Å²) >= 11 is 3.23. The Kier molecular flexibility index (Phi) is 4.04. The van der Waals surface area contributed by atoms with Crippen LogP contribution in [0.2, 0.25) is 0 Å². The highest BCUT2D eigenvalue weighted by molar-refractivity contribution is 9.10. The number of hydrogen-bond donors (Lipinski definition) is 1. The smallest absolute Gasteiger partial charge is 0.289 e. The number of benzene rings is 1. The van der Waals surface area contributed by atoms with Crippen molar-refractivity contribution < 1.29 is 4.79 Å². The number of rotatable bonds is 3. The zero-order valence-corrected chi connectivity index (χ0v) is 11.4. The van der Waals surface area contributed by atoms with Gasteiger partial charge in [0.05, 0.1) is 10.5 Å². The fourth-order valence-electron chi connectivity index (χ4n) is 1.52. The second-order valence-corrected chi connectivity index (χ2v) is 4.75. The van der Waals surface area contributed by atoms with Gasteiger partial charge in [0.2, 0.25) is 5.82 Å². The average molecular weight is 306 g/mol. The number of carbonyl (C=O) groups is 1. The molecule has 0 saturated carbocycles. The third-order valence-electron chi connectivity index (χ3n) is 2.47. The second kappa shape index (κ2) is 5.73. The van der Waals surface area contributed by atoms with Crippen molar-refractivity contribution in [3.05, 3.63) is 58.6 Å². The minimum Gasteiger partial charge on any atom is -0.343 e. The molecule has 1 heterocycles. The van der Waals surface area contributed by atoms with Crippen LogP contribution in [0.5, 0.6) is 0 Å². The van der Waals surface area contributed by atoms with Gasteiger partial charge in [-0.15, -0.1) is 0 Å². The summed E-state index contributed by atoms with van der Waals surface area (Å²) < 4.78 is 0.746. The summed E-state index contributed by atoms with van der Waals surface area (Å²) in [6, 6.07) is 9.67. The highest BCUT2D eigenvalue weighted by atomic mass is 79.9. The molecule has 5 heteroatoms. The molecule has 0 aliphatic heterocycles. The van der Waals surface area contributed by atoms with Crippen molar-refractivity contribution in [2.45, 2.75) is 13.0 Å². The van der Waals surface area contributed by atoms with E-state index in [1.807, 2.05) is 37.3 Å². The van der Waals surface area contributed by atoms with Gasteiger partial charge in [0, 0.05) is 12.4 Å². The van der Waals surface area contributed by atoms with E-state index in [0.717, 1.165) is 10.0 Å². The predicted molar refractivity (Wildman–Crippen MR) is 72.1 cm³/mol. The van der Waals surface area contributed by atoms with Crippen molar-refractivity contribution in [2.75, 3.05) is 0 Å². The van der Waals surface area contributed by atoms with Crippen molar-refractivity contribution in [3.63, 3.8) is 0 Å². The van der Waals surface area contributed by atoms with Gasteiger partial charge in [0.1, 0.15) is 0 Å². The highest BCUT2D eigenvalue weighted by Gasteiger charge is 2.13. The van der Waals surface area contributed by atoms with Crippen LogP contribution < -0.4 is 5.32 Å². The lowest BCUT2D eigenvalue weighted by molar-refractivity contribution is 0.0929. The van der Waals surface area contributed by atoms with Gasteiger partial charge in [0.15, 0.2) is 0 Å². The summed E-state index contributed by atoms with van der Waals surface area (Å²) in [4.78, 5) is 19.8. The molecular weight excluding hydrogens is 294 g/mol. The van der Waals surface area contributed by atoms with Crippen LogP contribution in [0.1, 0.15) is 29.1 Å². The van der Waals surface area contributed by atoms with Crippen LogP contribution in [0, 0.1) is 0 Å². The van der Waals surface area contributed by atoms with Gasteiger partial charge < -0.3 is 5.32 Å². The summed E-state index contributed by atoms with van der Waals surface area (Å²) in [7, 11) is 0. The Labute approximate surface area is 114 Å². The molecule has 1 unspecified atom stereocenters. The molecule has 1 atom stereocenters. The number of amides is 1. The minimum atomic E-state index is -0.279. The van der Waals surface area contributed by atoms with E-state index in [1.165, 1.54) is 0 Å². The number of nitrogens with zero attached hydrogens (tertiary/aromatic N) is 2. The molecule has 1 N–H and O–H groups in total. The van der Waals surface area contributed by atoms with Gasteiger partial charge >= 0.3 is 0 Å². The zero-order chi connectivity index (χ0) is 13.0. The van der Waals surface area contributed by atoms with Crippen LogP contribution in [-0.4, -0.2) is 15.9 Å². The lowest BCUT2D eigenvalue weighted by atomic mass is 10.1. The van der Waals surface area contributed by atoms with Crippen molar-refractivity contribution >= 4 is 21.8 Å². The van der Waals surface area contributed by atoms with Crippen molar-refractivity contribution in [1.29, 1.82) is 0 Å². The number of carbonyl (C=O) groups excluding carboxylic acids is 1. The number of hydrogen-bond acceptors (Lipinski definition) is 3. The van der Waals surface area contributed by atoms with Gasteiger partial charge in [-0.05, 0) is 28.4 Å². The Morgan fingerprint density at radius 1 is 1.22 bits per heavy atom. The first kappa shape index (κ1) is 12.7. The summed E-state index contributed by atoms with van der Waals surface area (Å²) in [5, 5.41) is 2.85. The molecule has 18 heavy (non-hydrogen) atoms. The van der Waals surface area contributed by atoms with E-state index in [4.69, 9.17) is 0 Å². The average Bonchev–Trinajstić information content (AvgIpc) is 2.40. The monoisotopic (exact) mass is 305 g/mol. The number of nitrogens with one attached hydrogen (secondary N) is 1. The normalized spacial score (nSPS) is 11.9. The molecule has 0 aliphatic rings. The molecule has 1 aromatic carbocycles. The Balaban J connectivity index is 2.06. The molecule has 0 spiro atoms. The molecule has 1 aromatic heterocycles. The molecule has 0 fully saturated rings. The van der Waals surface area contributed by atoms with Gasteiger partial charge in [-0.1, -0.05) is 30.3 Å². The summed E-state index contributed by atoms with van der Waals surface area (Å²) in [5.74, 6) is -0.111. The molecule has 2 aromatic rings. The minimum absolute atomic E-state index is 0.0778. The maximum absolute atomic E-state index is 11.9. The summed E-state index contributed by atoms with van der Waals surface area (Å²) in [5.41, 5.74) is 1.04. The molecule has 0 aliphatic carbocycles. The molecule has 0 saturated heterocycles. The van der Waals surface area contributed by atoms with E-state index in [9.17, 15) is 4.79 Å². The molecule has 0 bridgehead atoms. The van der Waals surface area contributed by atoms with Gasteiger partial charge in [-0.3, -0.25) is 4.79 Å². The Morgan fingerprint density at radius 2 is 1.83 bits per heavy atom. The van der Waals surface area contributed by atoms with E-state index in [1.54, 1.807) is 12.4 Å². The second-order valence-electron chi connectivity index (χ2n) is 3.83. The lowest BCUT2D eigenvalue weighted by Crippen LogP contribution is -2.28. The quantitative estimate of drug-likeness (QED) is 0.948. The summed E-state index contributed by atoms with van der Waals surface area (Å²) in [6.45, 7) is 1.92. The molecule has 1 amide bonds. The first-order chi connectivity index (χ1) is 8.66. The topological polar surface area (TPSA) is 54.9 Å². The summed E-state index contributed by atoms with van der Waals surface area (Å²) in [6.07, 6.45) is 3.10. The third-order valence-corrected chi connectivity index (χ3v) is 2.88.